The molecule has 1 fully saturated rings. The van der Waals surface area contributed by atoms with E-state index in [0.29, 0.717) is 0 Å². The van der Waals surface area contributed by atoms with Crippen LogP contribution in [0, 0.1) is 5.92 Å². The summed E-state index contributed by atoms with van der Waals surface area (Å²) < 4.78 is 2.31. The Balaban J connectivity index is 1.46. The Morgan fingerprint density at radius 1 is 1.26 bits per heavy atom. The van der Waals surface area contributed by atoms with Gasteiger partial charge in [-0.2, -0.15) is 0 Å². The molecule has 1 aromatic rings. The van der Waals surface area contributed by atoms with Gasteiger partial charge in [-0.15, -0.1) is 10.2 Å². The largest absolute Gasteiger partial charge is 0.314 e. The molecule has 1 N–H and O–H groups in total. The standard InChI is InChI=1S/C14H25N5/c1-2-18-8-6-12(11-18)9-15-10-14-17-16-13-5-3-4-7-19(13)14/h12,15H,2-11H2,1H3. The third-order valence-electron chi connectivity index (χ3n) is 4.47. The molecule has 19 heavy (non-hydrogen) atoms. The van der Waals surface area contributed by atoms with Crippen molar-refractivity contribution in [2.45, 2.75) is 45.7 Å². The van der Waals surface area contributed by atoms with Gasteiger partial charge < -0.3 is 14.8 Å². The second kappa shape index (κ2) is 6.01. The minimum Gasteiger partial charge on any atom is -0.314 e. The summed E-state index contributed by atoms with van der Waals surface area (Å²) in [4.78, 5) is 2.53. The minimum absolute atomic E-state index is 0.809. The van der Waals surface area contributed by atoms with Gasteiger partial charge in [0, 0.05) is 19.5 Å². The fourth-order valence-corrected chi connectivity index (χ4v) is 3.25. The van der Waals surface area contributed by atoms with Crippen molar-refractivity contribution in [3.8, 4) is 0 Å². The zero-order valence-electron chi connectivity index (χ0n) is 11.9. The predicted octanol–water partition coefficient (Wildman–Crippen LogP) is 1.05. The van der Waals surface area contributed by atoms with Gasteiger partial charge in [-0.3, -0.25) is 0 Å². The van der Waals surface area contributed by atoms with Gasteiger partial charge in [0.05, 0.1) is 6.54 Å². The van der Waals surface area contributed by atoms with Gasteiger partial charge >= 0.3 is 0 Å². The molecule has 2 aliphatic rings. The first kappa shape index (κ1) is 13.1. The lowest BCUT2D eigenvalue weighted by Gasteiger charge is -2.16. The summed E-state index contributed by atoms with van der Waals surface area (Å²) in [5, 5.41) is 12.2. The van der Waals surface area contributed by atoms with Crippen LogP contribution in [0.15, 0.2) is 0 Å². The molecule has 0 amide bonds. The minimum atomic E-state index is 0.809. The Morgan fingerprint density at radius 2 is 2.21 bits per heavy atom. The van der Waals surface area contributed by atoms with Crippen LogP contribution in [0.5, 0.6) is 0 Å². The van der Waals surface area contributed by atoms with Crippen molar-refractivity contribution in [3.63, 3.8) is 0 Å². The van der Waals surface area contributed by atoms with Crippen LogP contribution in [-0.4, -0.2) is 45.8 Å². The maximum absolute atomic E-state index is 4.33. The van der Waals surface area contributed by atoms with Gasteiger partial charge in [-0.25, -0.2) is 0 Å². The number of aryl methyl sites for hydroxylation is 1. The number of hydrogen-bond acceptors (Lipinski definition) is 4. The SMILES string of the molecule is CCN1CCC(CNCc2nnc3n2CCCC3)C1. The van der Waals surface area contributed by atoms with E-state index in [9.17, 15) is 0 Å². The highest BCUT2D eigenvalue weighted by atomic mass is 15.3. The van der Waals surface area contributed by atoms with Crippen molar-refractivity contribution in [2.24, 2.45) is 5.92 Å². The van der Waals surface area contributed by atoms with E-state index in [0.717, 1.165) is 37.8 Å². The highest BCUT2D eigenvalue weighted by Gasteiger charge is 2.21. The molecule has 5 heteroatoms. The highest BCUT2D eigenvalue weighted by Crippen LogP contribution is 2.16. The van der Waals surface area contributed by atoms with E-state index in [2.05, 4.69) is 31.9 Å². The molecular formula is C14H25N5. The molecule has 0 radical (unpaired) electrons. The van der Waals surface area contributed by atoms with Crippen molar-refractivity contribution >= 4 is 0 Å². The van der Waals surface area contributed by atoms with Gasteiger partial charge in [-0.05, 0) is 44.8 Å². The summed E-state index contributed by atoms with van der Waals surface area (Å²) in [5.41, 5.74) is 0. The number of rotatable bonds is 5. The van der Waals surface area contributed by atoms with Crippen LogP contribution in [0.4, 0.5) is 0 Å². The van der Waals surface area contributed by atoms with Crippen LogP contribution in [0.2, 0.25) is 0 Å². The van der Waals surface area contributed by atoms with Crippen molar-refractivity contribution in [2.75, 3.05) is 26.2 Å². The first-order valence-corrected chi connectivity index (χ1v) is 7.71. The summed E-state index contributed by atoms with van der Waals surface area (Å²) >= 11 is 0. The monoisotopic (exact) mass is 263 g/mol. The van der Waals surface area contributed by atoms with Gasteiger partial charge in [0.25, 0.3) is 0 Å². The zero-order valence-corrected chi connectivity index (χ0v) is 11.9. The van der Waals surface area contributed by atoms with Gasteiger partial charge in [0.15, 0.2) is 0 Å². The number of aromatic nitrogens is 3. The lowest BCUT2D eigenvalue weighted by atomic mass is 10.1. The Bertz CT molecular complexity index is 414. The molecule has 1 saturated heterocycles. The Hall–Kier alpha value is -0.940. The molecule has 0 saturated carbocycles. The van der Waals surface area contributed by atoms with Gasteiger partial charge in [0.1, 0.15) is 11.6 Å². The second-order valence-electron chi connectivity index (χ2n) is 5.82. The van der Waals surface area contributed by atoms with Crippen LogP contribution in [0.3, 0.4) is 0 Å². The van der Waals surface area contributed by atoms with Gasteiger partial charge in [-0.1, -0.05) is 6.92 Å². The Morgan fingerprint density at radius 3 is 3.05 bits per heavy atom. The lowest BCUT2D eigenvalue weighted by molar-refractivity contribution is 0.338. The van der Waals surface area contributed by atoms with E-state index in [1.165, 1.54) is 44.7 Å². The third-order valence-corrected chi connectivity index (χ3v) is 4.47. The average Bonchev–Trinajstić information content (AvgIpc) is 3.06. The van der Waals surface area contributed by atoms with E-state index in [-0.39, 0.29) is 0 Å². The fraction of sp³-hybridized carbons (Fsp3) is 0.857. The van der Waals surface area contributed by atoms with Crippen LogP contribution in [0.1, 0.15) is 37.8 Å². The molecule has 3 heterocycles. The molecule has 1 atom stereocenters. The molecule has 2 aliphatic heterocycles. The highest BCUT2D eigenvalue weighted by molar-refractivity contribution is 4.98. The fourth-order valence-electron chi connectivity index (χ4n) is 3.25. The molecule has 1 unspecified atom stereocenters. The smallest absolute Gasteiger partial charge is 0.147 e. The number of nitrogens with one attached hydrogen (secondary N) is 1. The van der Waals surface area contributed by atoms with Crippen molar-refractivity contribution in [1.29, 1.82) is 0 Å². The quantitative estimate of drug-likeness (QED) is 0.862. The topological polar surface area (TPSA) is 46.0 Å². The third kappa shape index (κ3) is 2.98. The Kier molecular flexibility index (Phi) is 4.13. The maximum atomic E-state index is 4.33. The first-order valence-electron chi connectivity index (χ1n) is 7.71. The van der Waals surface area contributed by atoms with E-state index >= 15 is 0 Å². The van der Waals surface area contributed by atoms with Crippen LogP contribution >= 0.6 is 0 Å². The normalized spacial score (nSPS) is 23.7. The first-order chi connectivity index (χ1) is 9.36. The van der Waals surface area contributed by atoms with Crippen molar-refractivity contribution < 1.29 is 0 Å². The lowest BCUT2D eigenvalue weighted by Crippen LogP contribution is -2.27. The van der Waals surface area contributed by atoms with Crippen molar-refractivity contribution in [1.82, 2.24) is 25.0 Å². The molecular weight excluding hydrogens is 238 g/mol. The van der Waals surface area contributed by atoms with Crippen LogP contribution in [-0.2, 0) is 19.5 Å². The predicted molar refractivity (Wildman–Crippen MR) is 74.9 cm³/mol. The molecule has 0 spiro atoms. The number of nitrogens with zero attached hydrogens (tertiary/aromatic N) is 4. The van der Waals surface area contributed by atoms with E-state index in [1.54, 1.807) is 0 Å². The molecule has 0 bridgehead atoms. The summed E-state index contributed by atoms with van der Waals surface area (Å²) in [6.45, 7) is 9.04. The summed E-state index contributed by atoms with van der Waals surface area (Å²) in [7, 11) is 0. The van der Waals surface area contributed by atoms with Gasteiger partial charge in [0.2, 0.25) is 0 Å². The number of hydrogen-bond donors (Lipinski definition) is 1. The summed E-state index contributed by atoms with van der Waals surface area (Å²) in [6, 6.07) is 0. The molecule has 0 aromatic carbocycles. The average molecular weight is 263 g/mol. The van der Waals surface area contributed by atoms with E-state index < -0.39 is 0 Å². The summed E-state index contributed by atoms with van der Waals surface area (Å²) in [6.07, 6.45) is 4.96. The van der Waals surface area contributed by atoms with E-state index in [1.807, 2.05) is 0 Å². The second-order valence-corrected chi connectivity index (χ2v) is 5.82. The summed E-state index contributed by atoms with van der Waals surface area (Å²) in [5.74, 6) is 3.12. The molecule has 1 aromatic heterocycles. The molecule has 106 valence electrons. The zero-order chi connectivity index (χ0) is 13.1. The van der Waals surface area contributed by atoms with E-state index in [4.69, 9.17) is 0 Å². The van der Waals surface area contributed by atoms with Crippen LogP contribution in [0.25, 0.3) is 0 Å². The van der Waals surface area contributed by atoms with Crippen LogP contribution < -0.4 is 5.32 Å². The van der Waals surface area contributed by atoms with Crippen molar-refractivity contribution in [3.05, 3.63) is 11.6 Å². The number of fused-ring (bicyclic) bond motifs is 1. The number of likely N-dealkylation sites (tertiary alicyclic amines) is 1. The molecule has 5 nitrogen and oxygen atoms in total. The molecule has 3 rings (SSSR count). The molecule has 0 aliphatic carbocycles. The maximum Gasteiger partial charge on any atom is 0.147 e. The Labute approximate surface area is 115 Å².